The molecule has 1 saturated heterocycles. The van der Waals surface area contributed by atoms with Crippen molar-refractivity contribution in [3.63, 3.8) is 0 Å². The number of amides is 2. The molecule has 3 nitrogen and oxygen atoms in total. The fourth-order valence-electron chi connectivity index (χ4n) is 4.01. The van der Waals surface area contributed by atoms with Gasteiger partial charge < -0.3 is 0 Å². The van der Waals surface area contributed by atoms with Gasteiger partial charge >= 0.3 is 0 Å². The fraction of sp³-hybridized carbons (Fsp3) is 0.375. The first kappa shape index (κ1) is 12.2. The number of nitrogens with zero attached hydrogens (tertiary/aromatic N) is 1. The van der Waals surface area contributed by atoms with Crippen LogP contribution in [0.15, 0.2) is 30.4 Å². The van der Waals surface area contributed by atoms with Crippen molar-refractivity contribution in [3.05, 3.63) is 40.9 Å². The number of imide groups is 1. The summed E-state index contributed by atoms with van der Waals surface area (Å²) in [5.74, 6) is 0.128. The van der Waals surface area contributed by atoms with Gasteiger partial charge in [0.15, 0.2) is 0 Å². The topological polar surface area (TPSA) is 37.4 Å². The first-order valence-corrected chi connectivity index (χ1v) is 7.28. The van der Waals surface area contributed by atoms with Gasteiger partial charge in [-0.1, -0.05) is 23.8 Å². The molecule has 20 heavy (non-hydrogen) atoms. The summed E-state index contributed by atoms with van der Waals surface area (Å²) >= 11 is 5.95. The predicted octanol–water partition coefficient (Wildman–Crippen LogP) is 2.96. The fourth-order valence-corrected chi connectivity index (χ4v) is 4.24. The van der Waals surface area contributed by atoms with Crippen LogP contribution in [0.25, 0.3) is 0 Å². The minimum absolute atomic E-state index is 0.0396. The Hall–Kier alpha value is -1.61. The summed E-state index contributed by atoms with van der Waals surface area (Å²) < 4.78 is 0. The van der Waals surface area contributed by atoms with Gasteiger partial charge in [0.1, 0.15) is 0 Å². The van der Waals surface area contributed by atoms with E-state index in [1.54, 1.807) is 18.2 Å². The summed E-state index contributed by atoms with van der Waals surface area (Å²) in [6.07, 6.45) is 5.17. The van der Waals surface area contributed by atoms with Crippen molar-refractivity contribution in [2.75, 3.05) is 4.90 Å². The van der Waals surface area contributed by atoms with Gasteiger partial charge in [0.05, 0.1) is 17.5 Å². The number of anilines is 1. The van der Waals surface area contributed by atoms with E-state index < -0.39 is 0 Å². The van der Waals surface area contributed by atoms with Gasteiger partial charge in [-0.25, -0.2) is 4.90 Å². The molecule has 4 atom stereocenters. The van der Waals surface area contributed by atoms with Crippen LogP contribution < -0.4 is 4.90 Å². The molecule has 2 aliphatic carbocycles. The third kappa shape index (κ3) is 1.41. The van der Waals surface area contributed by atoms with Gasteiger partial charge in [0.2, 0.25) is 11.8 Å². The monoisotopic (exact) mass is 287 g/mol. The van der Waals surface area contributed by atoms with Gasteiger partial charge in [0.25, 0.3) is 0 Å². The minimum Gasteiger partial charge on any atom is -0.274 e. The Bertz CT molecular complexity index is 636. The highest BCUT2D eigenvalue weighted by atomic mass is 35.5. The van der Waals surface area contributed by atoms with Crippen molar-refractivity contribution < 1.29 is 9.59 Å². The highest BCUT2D eigenvalue weighted by Gasteiger charge is 2.59. The molecule has 102 valence electrons. The molecule has 3 aliphatic rings. The predicted molar refractivity (Wildman–Crippen MR) is 76.4 cm³/mol. The number of rotatable bonds is 1. The molecule has 4 rings (SSSR count). The summed E-state index contributed by atoms with van der Waals surface area (Å²) in [7, 11) is 0. The van der Waals surface area contributed by atoms with Crippen LogP contribution in [0.4, 0.5) is 5.69 Å². The Morgan fingerprint density at radius 2 is 1.70 bits per heavy atom. The van der Waals surface area contributed by atoms with Crippen LogP contribution in [0.5, 0.6) is 0 Å². The third-order valence-electron chi connectivity index (χ3n) is 4.87. The van der Waals surface area contributed by atoms with Gasteiger partial charge in [0, 0.05) is 5.02 Å². The van der Waals surface area contributed by atoms with Crippen LogP contribution in [0.2, 0.25) is 5.02 Å². The number of hydrogen-bond acceptors (Lipinski definition) is 2. The summed E-state index contributed by atoms with van der Waals surface area (Å²) in [4.78, 5) is 26.7. The van der Waals surface area contributed by atoms with Gasteiger partial charge in [-0.05, 0) is 48.9 Å². The molecule has 1 aromatic carbocycles. The van der Waals surface area contributed by atoms with E-state index >= 15 is 0 Å². The van der Waals surface area contributed by atoms with E-state index in [2.05, 4.69) is 12.2 Å². The molecule has 1 aromatic rings. The first-order chi connectivity index (χ1) is 9.58. The smallest absolute Gasteiger partial charge is 0.238 e. The van der Waals surface area contributed by atoms with E-state index in [0.29, 0.717) is 10.7 Å². The molecule has 0 spiro atoms. The lowest BCUT2D eigenvalue weighted by Gasteiger charge is -2.19. The van der Waals surface area contributed by atoms with Gasteiger partial charge in [-0.15, -0.1) is 0 Å². The zero-order chi connectivity index (χ0) is 14.0. The highest BCUT2D eigenvalue weighted by Crippen LogP contribution is 2.53. The average Bonchev–Trinajstić information content (AvgIpc) is 3.06. The number of halogens is 1. The molecular formula is C16H14ClNO2. The van der Waals surface area contributed by atoms with E-state index in [9.17, 15) is 9.59 Å². The lowest BCUT2D eigenvalue weighted by Crippen LogP contribution is -2.33. The quantitative estimate of drug-likeness (QED) is 0.588. The lowest BCUT2D eigenvalue weighted by molar-refractivity contribution is -0.123. The number of aryl methyl sites for hydroxylation is 1. The number of carbonyl (C=O) groups is 2. The number of carbonyl (C=O) groups excluding carboxylic acids is 2. The van der Waals surface area contributed by atoms with Crippen LogP contribution in [-0.2, 0) is 9.59 Å². The molecule has 4 heteroatoms. The van der Waals surface area contributed by atoms with Crippen molar-refractivity contribution in [1.29, 1.82) is 0 Å². The second kappa shape index (κ2) is 3.95. The molecule has 1 aliphatic heterocycles. The molecule has 2 amide bonds. The van der Waals surface area contributed by atoms with E-state index in [1.165, 1.54) is 4.90 Å². The Kier molecular flexibility index (Phi) is 2.40. The molecule has 0 aromatic heterocycles. The summed E-state index contributed by atoms with van der Waals surface area (Å²) in [6.45, 7) is 1.88. The Balaban J connectivity index is 1.78. The maximum absolute atomic E-state index is 12.7. The summed E-state index contributed by atoms with van der Waals surface area (Å²) in [6, 6.07) is 5.29. The Labute approximate surface area is 122 Å². The largest absolute Gasteiger partial charge is 0.274 e. The van der Waals surface area contributed by atoms with Crippen molar-refractivity contribution in [1.82, 2.24) is 0 Å². The number of hydrogen-bond donors (Lipinski definition) is 0. The maximum Gasteiger partial charge on any atom is 0.238 e. The van der Waals surface area contributed by atoms with E-state index in [0.717, 1.165) is 12.0 Å². The minimum atomic E-state index is -0.146. The van der Waals surface area contributed by atoms with Gasteiger partial charge in [-0.2, -0.15) is 0 Å². The SMILES string of the molecule is Cc1cc(Cl)ccc1N1C(=O)[C@@H]2[C@H](C1=O)[C@@H]1C=C[C@@H]2C1. The van der Waals surface area contributed by atoms with E-state index in [-0.39, 0.29) is 35.5 Å². The van der Waals surface area contributed by atoms with Crippen LogP contribution >= 0.6 is 11.6 Å². The molecule has 0 unspecified atom stereocenters. The Morgan fingerprint density at radius 3 is 2.25 bits per heavy atom. The number of allylic oxidation sites excluding steroid dienone is 2. The second-order valence-electron chi connectivity index (χ2n) is 5.94. The third-order valence-corrected chi connectivity index (χ3v) is 5.11. The summed E-state index contributed by atoms with van der Waals surface area (Å²) in [5, 5.41) is 0.618. The van der Waals surface area contributed by atoms with Crippen molar-refractivity contribution in [2.45, 2.75) is 13.3 Å². The van der Waals surface area contributed by atoms with Crippen molar-refractivity contribution in [3.8, 4) is 0 Å². The standard InChI is InChI=1S/C16H14ClNO2/c1-8-6-11(17)4-5-12(8)18-15(19)13-9-2-3-10(7-9)14(13)16(18)20/h2-6,9-10,13-14H,7H2,1H3/t9-,10-,13-,14+/m1/s1. The average molecular weight is 288 g/mol. The van der Waals surface area contributed by atoms with Crippen LogP contribution in [-0.4, -0.2) is 11.8 Å². The molecule has 1 heterocycles. The van der Waals surface area contributed by atoms with Crippen LogP contribution in [0.3, 0.4) is 0 Å². The van der Waals surface area contributed by atoms with Crippen molar-refractivity contribution >= 4 is 29.1 Å². The normalized spacial score (nSPS) is 34.2. The maximum atomic E-state index is 12.7. The van der Waals surface area contributed by atoms with E-state index in [4.69, 9.17) is 11.6 Å². The zero-order valence-corrected chi connectivity index (χ0v) is 11.8. The number of benzene rings is 1. The zero-order valence-electron chi connectivity index (χ0n) is 11.0. The van der Waals surface area contributed by atoms with Crippen LogP contribution in [0.1, 0.15) is 12.0 Å². The molecule has 0 N–H and O–H groups in total. The summed E-state index contributed by atoms with van der Waals surface area (Å²) in [5.41, 5.74) is 1.54. The molecule has 2 fully saturated rings. The van der Waals surface area contributed by atoms with Crippen molar-refractivity contribution in [2.24, 2.45) is 23.7 Å². The number of fused-ring (bicyclic) bond motifs is 5. The Morgan fingerprint density at radius 1 is 1.10 bits per heavy atom. The molecular weight excluding hydrogens is 274 g/mol. The first-order valence-electron chi connectivity index (χ1n) is 6.90. The van der Waals surface area contributed by atoms with Crippen LogP contribution in [0, 0.1) is 30.6 Å². The molecule has 0 radical (unpaired) electrons. The molecule has 1 saturated carbocycles. The van der Waals surface area contributed by atoms with Gasteiger partial charge in [-0.3, -0.25) is 9.59 Å². The highest BCUT2D eigenvalue weighted by molar-refractivity contribution is 6.31. The lowest BCUT2D eigenvalue weighted by atomic mass is 9.85. The second-order valence-corrected chi connectivity index (χ2v) is 6.38. The van der Waals surface area contributed by atoms with E-state index in [1.807, 2.05) is 6.92 Å². The molecule has 2 bridgehead atoms.